The summed E-state index contributed by atoms with van der Waals surface area (Å²) in [6, 6.07) is 30.1. The first-order chi connectivity index (χ1) is 17.6. The van der Waals surface area contributed by atoms with Crippen molar-refractivity contribution in [1.29, 1.82) is 0 Å². The molecule has 0 bridgehead atoms. The Labute approximate surface area is 208 Å². The number of amides is 2. The lowest BCUT2D eigenvalue weighted by molar-refractivity contribution is -0.147. The molecule has 182 valence electrons. The molecular weight excluding hydrogens is 456 g/mol. The van der Waals surface area contributed by atoms with Gasteiger partial charge in [-0.1, -0.05) is 78.9 Å². The van der Waals surface area contributed by atoms with Gasteiger partial charge in [-0.25, -0.2) is 4.68 Å². The summed E-state index contributed by atoms with van der Waals surface area (Å²) in [6.45, 7) is -0.315. The van der Waals surface area contributed by atoms with E-state index in [2.05, 4.69) is 15.7 Å². The normalized spacial score (nSPS) is 10.4. The Morgan fingerprint density at radius 2 is 1.44 bits per heavy atom. The minimum absolute atomic E-state index is 0.0338. The van der Waals surface area contributed by atoms with Crippen LogP contribution in [0.4, 0.5) is 5.82 Å². The van der Waals surface area contributed by atoms with E-state index in [0.29, 0.717) is 11.5 Å². The number of rotatable bonds is 10. The monoisotopic (exact) mass is 482 g/mol. The first kappa shape index (κ1) is 24.4. The summed E-state index contributed by atoms with van der Waals surface area (Å²) in [5.41, 5.74) is 3.26. The molecule has 2 N–H and O–H groups in total. The summed E-state index contributed by atoms with van der Waals surface area (Å²) in [5, 5.41) is 10.1. The van der Waals surface area contributed by atoms with Crippen LogP contribution in [0.2, 0.25) is 0 Å². The highest BCUT2D eigenvalue weighted by molar-refractivity contribution is 5.93. The highest BCUT2D eigenvalue weighted by Crippen LogP contribution is 2.24. The third-order valence-corrected chi connectivity index (χ3v) is 5.27. The second-order valence-corrected chi connectivity index (χ2v) is 8.00. The second kappa shape index (κ2) is 12.1. The van der Waals surface area contributed by atoms with Crippen LogP contribution in [-0.4, -0.2) is 40.7 Å². The van der Waals surface area contributed by atoms with Gasteiger partial charge in [-0.3, -0.25) is 14.4 Å². The zero-order valence-electron chi connectivity index (χ0n) is 19.6. The number of carbonyl (C=O) groups excluding carboxylic acids is 3. The standard InChI is InChI=1S/C28H26N4O4/c33-26(18-21-10-4-1-5-11-21)29-17-16-28(35)36-20-27(34)30-25-19-24(22-12-6-2-7-13-22)31-32(25)23-14-8-3-9-15-23/h1-15,19H,16-18,20H2,(H,29,33)(H,30,34). The van der Waals surface area contributed by atoms with Crippen molar-refractivity contribution in [3.8, 4) is 16.9 Å². The first-order valence-corrected chi connectivity index (χ1v) is 11.6. The summed E-state index contributed by atoms with van der Waals surface area (Å²) in [5.74, 6) is -0.802. The number of hydrogen-bond acceptors (Lipinski definition) is 5. The van der Waals surface area contributed by atoms with Crippen molar-refractivity contribution in [1.82, 2.24) is 15.1 Å². The highest BCUT2D eigenvalue weighted by atomic mass is 16.5. The molecule has 0 aliphatic carbocycles. The lowest BCUT2D eigenvalue weighted by Gasteiger charge is -2.09. The Hall–Kier alpha value is -4.72. The average molecular weight is 483 g/mol. The van der Waals surface area contributed by atoms with Gasteiger partial charge in [-0.2, -0.15) is 5.10 Å². The maximum atomic E-state index is 12.5. The van der Waals surface area contributed by atoms with Crippen LogP contribution in [0, 0.1) is 0 Å². The molecule has 0 unspecified atom stereocenters. The largest absolute Gasteiger partial charge is 0.456 e. The van der Waals surface area contributed by atoms with E-state index < -0.39 is 18.5 Å². The number of hydrogen-bond donors (Lipinski definition) is 2. The molecular formula is C28H26N4O4. The smallest absolute Gasteiger partial charge is 0.308 e. The number of para-hydroxylation sites is 1. The Balaban J connectivity index is 1.29. The molecule has 0 saturated carbocycles. The molecule has 0 spiro atoms. The number of carbonyl (C=O) groups is 3. The average Bonchev–Trinajstić information content (AvgIpc) is 3.33. The Morgan fingerprint density at radius 1 is 0.806 bits per heavy atom. The number of ether oxygens (including phenoxy) is 1. The molecule has 0 atom stereocenters. The fourth-order valence-corrected chi connectivity index (χ4v) is 3.53. The fraction of sp³-hybridized carbons (Fsp3) is 0.143. The van der Waals surface area contributed by atoms with Gasteiger partial charge in [0.1, 0.15) is 5.82 Å². The van der Waals surface area contributed by atoms with E-state index in [4.69, 9.17) is 4.74 Å². The van der Waals surface area contributed by atoms with E-state index in [1.54, 1.807) is 10.7 Å². The number of benzene rings is 3. The van der Waals surface area contributed by atoms with Crippen molar-refractivity contribution in [2.45, 2.75) is 12.8 Å². The second-order valence-electron chi connectivity index (χ2n) is 8.00. The van der Waals surface area contributed by atoms with E-state index in [0.717, 1.165) is 16.8 Å². The quantitative estimate of drug-likeness (QED) is 0.335. The van der Waals surface area contributed by atoms with Crippen LogP contribution in [0.5, 0.6) is 0 Å². The molecule has 8 heteroatoms. The molecule has 1 heterocycles. The maximum absolute atomic E-state index is 12.5. The summed E-state index contributed by atoms with van der Waals surface area (Å²) in [7, 11) is 0. The molecule has 36 heavy (non-hydrogen) atoms. The predicted octanol–water partition coefficient (Wildman–Crippen LogP) is 3.77. The van der Waals surface area contributed by atoms with Crippen molar-refractivity contribution in [2.24, 2.45) is 0 Å². The summed E-state index contributed by atoms with van der Waals surface area (Å²) >= 11 is 0. The number of nitrogens with one attached hydrogen (secondary N) is 2. The molecule has 0 aliphatic rings. The van der Waals surface area contributed by atoms with Gasteiger partial charge in [0, 0.05) is 18.2 Å². The van der Waals surface area contributed by atoms with Crippen molar-refractivity contribution < 1.29 is 19.1 Å². The van der Waals surface area contributed by atoms with Gasteiger partial charge >= 0.3 is 5.97 Å². The summed E-state index contributed by atoms with van der Waals surface area (Å²) < 4.78 is 6.71. The van der Waals surface area contributed by atoms with Gasteiger partial charge in [0.05, 0.1) is 24.2 Å². The van der Waals surface area contributed by atoms with E-state index in [9.17, 15) is 14.4 Å². The van der Waals surface area contributed by atoms with E-state index in [1.165, 1.54) is 0 Å². The lowest BCUT2D eigenvalue weighted by Crippen LogP contribution is -2.29. The first-order valence-electron chi connectivity index (χ1n) is 11.6. The van der Waals surface area contributed by atoms with Gasteiger partial charge in [0.15, 0.2) is 6.61 Å². The molecule has 0 radical (unpaired) electrons. The highest BCUT2D eigenvalue weighted by Gasteiger charge is 2.15. The molecule has 8 nitrogen and oxygen atoms in total. The third-order valence-electron chi connectivity index (χ3n) is 5.27. The Morgan fingerprint density at radius 3 is 2.14 bits per heavy atom. The van der Waals surface area contributed by atoms with Crippen LogP contribution in [-0.2, 0) is 25.5 Å². The van der Waals surface area contributed by atoms with Crippen molar-refractivity contribution in [3.05, 3.63) is 103 Å². The summed E-state index contributed by atoms with van der Waals surface area (Å²) in [6.07, 6.45) is 0.201. The van der Waals surface area contributed by atoms with Crippen LogP contribution < -0.4 is 10.6 Å². The topological polar surface area (TPSA) is 102 Å². The molecule has 0 saturated heterocycles. The molecule has 4 aromatic rings. The van der Waals surface area contributed by atoms with Crippen LogP contribution in [0.25, 0.3) is 16.9 Å². The van der Waals surface area contributed by atoms with Gasteiger partial charge in [0.25, 0.3) is 5.91 Å². The van der Waals surface area contributed by atoms with E-state index in [-0.39, 0.29) is 25.3 Å². The van der Waals surface area contributed by atoms with Crippen molar-refractivity contribution >= 4 is 23.6 Å². The minimum Gasteiger partial charge on any atom is -0.456 e. The number of esters is 1. The van der Waals surface area contributed by atoms with Crippen LogP contribution in [0.15, 0.2) is 97.1 Å². The third kappa shape index (κ3) is 6.89. The predicted molar refractivity (Wildman–Crippen MR) is 136 cm³/mol. The number of nitrogens with zero attached hydrogens (tertiary/aromatic N) is 2. The molecule has 3 aromatic carbocycles. The van der Waals surface area contributed by atoms with Gasteiger partial charge < -0.3 is 15.4 Å². The fourth-order valence-electron chi connectivity index (χ4n) is 3.53. The molecule has 1 aromatic heterocycles. The number of aromatic nitrogens is 2. The van der Waals surface area contributed by atoms with Gasteiger partial charge in [0.2, 0.25) is 5.91 Å². The van der Waals surface area contributed by atoms with Crippen LogP contribution >= 0.6 is 0 Å². The van der Waals surface area contributed by atoms with Gasteiger partial charge in [-0.05, 0) is 17.7 Å². The summed E-state index contributed by atoms with van der Waals surface area (Å²) in [4.78, 5) is 36.6. The van der Waals surface area contributed by atoms with Crippen molar-refractivity contribution in [3.63, 3.8) is 0 Å². The van der Waals surface area contributed by atoms with Crippen LogP contribution in [0.3, 0.4) is 0 Å². The molecule has 2 amide bonds. The Bertz CT molecular complexity index is 1310. The zero-order chi connectivity index (χ0) is 25.2. The Kier molecular flexibility index (Phi) is 8.22. The van der Waals surface area contributed by atoms with Gasteiger partial charge in [-0.15, -0.1) is 0 Å². The number of anilines is 1. The SMILES string of the molecule is O=C(Cc1ccccc1)NCCC(=O)OCC(=O)Nc1cc(-c2ccccc2)nn1-c1ccccc1. The molecule has 0 aliphatic heterocycles. The lowest BCUT2D eigenvalue weighted by atomic mass is 10.1. The molecule has 0 fully saturated rings. The maximum Gasteiger partial charge on any atom is 0.308 e. The van der Waals surface area contributed by atoms with E-state index in [1.807, 2.05) is 91.0 Å². The molecule has 4 rings (SSSR count). The van der Waals surface area contributed by atoms with E-state index >= 15 is 0 Å². The van der Waals surface area contributed by atoms with Crippen LogP contribution in [0.1, 0.15) is 12.0 Å². The van der Waals surface area contributed by atoms with Crippen molar-refractivity contribution in [2.75, 3.05) is 18.5 Å². The zero-order valence-corrected chi connectivity index (χ0v) is 19.6. The minimum atomic E-state index is -0.577.